The summed E-state index contributed by atoms with van der Waals surface area (Å²) in [6.45, 7) is 3.67. The average Bonchev–Trinajstić information content (AvgIpc) is 3.17. The molecule has 0 spiro atoms. The van der Waals surface area contributed by atoms with Crippen LogP contribution in [0.4, 0.5) is 11.4 Å². The second-order valence-electron chi connectivity index (χ2n) is 6.13. The number of aryl methyl sites for hydroxylation is 1. The van der Waals surface area contributed by atoms with Crippen LogP contribution in [-0.4, -0.2) is 33.4 Å². The Kier molecular flexibility index (Phi) is 6.13. The van der Waals surface area contributed by atoms with Crippen LogP contribution in [0, 0.1) is 17.0 Å². The van der Waals surface area contributed by atoms with Crippen LogP contribution >= 0.6 is 11.8 Å². The Morgan fingerprint density at radius 3 is 2.62 bits per heavy atom. The SMILES string of the molecule is COc1cc([N+](=O)[O-])ccc1NC(=O)[C@@H](C)Sc1nnc(-c2ccc(C)cc2)o1. The minimum absolute atomic E-state index is 0.128. The van der Waals surface area contributed by atoms with Crippen molar-refractivity contribution in [3.63, 3.8) is 0 Å². The topological polar surface area (TPSA) is 120 Å². The Hall–Kier alpha value is -3.40. The summed E-state index contributed by atoms with van der Waals surface area (Å²) in [5.41, 5.74) is 2.12. The number of hydrogen-bond acceptors (Lipinski definition) is 8. The lowest BCUT2D eigenvalue weighted by atomic mass is 10.1. The molecular formula is C19H18N4O5S. The molecule has 3 rings (SSSR count). The van der Waals surface area contributed by atoms with Gasteiger partial charge in [-0.15, -0.1) is 10.2 Å². The van der Waals surface area contributed by atoms with Crippen molar-refractivity contribution < 1.29 is 18.9 Å². The molecule has 0 aliphatic rings. The van der Waals surface area contributed by atoms with E-state index in [0.717, 1.165) is 22.9 Å². The summed E-state index contributed by atoms with van der Waals surface area (Å²) in [5, 5.41) is 21.3. The summed E-state index contributed by atoms with van der Waals surface area (Å²) in [4.78, 5) is 22.8. The Morgan fingerprint density at radius 1 is 1.24 bits per heavy atom. The van der Waals surface area contributed by atoms with Gasteiger partial charge < -0.3 is 14.5 Å². The summed E-state index contributed by atoms with van der Waals surface area (Å²) >= 11 is 1.11. The van der Waals surface area contributed by atoms with E-state index in [4.69, 9.17) is 9.15 Å². The van der Waals surface area contributed by atoms with Crippen molar-refractivity contribution in [1.29, 1.82) is 0 Å². The number of hydrogen-bond donors (Lipinski definition) is 1. The minimum atomic E-state index is -0.554. The smallest absolute Gasteiger partial charge is 0.277 e. The highest BCUT2D eigenvalue weighted by atomic mass is 32.2. The Balaban J connectivity index is 1.67. The molecule has 0 fully saturated rings. The first kappa shape index (κ1) is 20.3. The van der Waals surface area contributed by atoms with E-state index >= 15 is 0 Å². The number of nitro groups is 1. The maximum absolute atomic E-state index is 12.5. The number of nitrogens with zero attached hydrogens (tertiary/aromatic N) is 3. The molecule has 1 amide bonds. The average molecular weight is 414 g/mol. The molecule has 9 nitrogen and oxygen atoms in total. The first-order chi connectivity index (χ1) is 13.9. The van der Waals surface area contributed by atoms with Crippen molar-refractivity contribution in [3.8, 4) is 17.2 Å². The summed E-state index contributed by atoms with van der Waals surface area (Å²) < 4.78 is 10.8. The number of non-ortho nitro benzene ring substituents is 1. The van der Waals surface area contributed by atoms with Crippen LogP contribution in [0.3, 0.4) is 0 Å². The van der Waals surface area contributed by atoms with Gasteiger partial charge in [0.05, 0.1) is 29.0 Å². The fraction of sp³-hybridized carbons (Fsp3) is 0.211. The van der Waals surface area contributed by atoms with Crippen molar-refractivity contribution in [1.82, 2.24) is 10.2 Å². The van der Waals surface area contributed by atoms with Gasteiger partial charge in [0.1, 0.15) is 5.75 Å². The van der Waals surface area contributed by atoms with Crippen molar-refractivity contribution in [2.45, 2.75) is 24.3 Å². The van der Waals surface area contributed by atoms with E-state index in [1.807, 2.05) is 31.2 Å². The number of nitro benzene ring substituents is 1. The molecule has 0 bridgehead atoms. The molecule has 0 radical (unpaired) electrons. The van der Waals surface area contributed by atoms with Gasteiger partial charge in [0, 0.05) is 11.6 Å². The Bertz CT molecular complexity index is 1040. The van der Waals surface area contributed by atoms with E-state index in [0.29, 0.717) is 11.6 Å². The molecule has 0 unspecified atom stereocenters. The van der Waals surface area contributed by atoms with E-state index < -0.39 is 10.2 Å². The number of methoxy groups -OCH3 is 1. The molecule has 0 saturated heterocycles. The summed E-state index contributed by atoms with van der Waals surface area (Å²) in [6, 6.07) is 11.6. The molecule has 10 heteroatoms. The minimum Gasteiger partial charge on any atom is -0.494 e. The number of nitrogens with one attached hydrogen (secondary N) is 1. The Labute approximate surface area is 170 Å². The number of thioether (sulfide) groups is 1. The molecule has 29 heavy (non-hydrogen) atoms. The van der Waals surface area contributed by atoms with Crippen LogP contribution in [0.15, 0.2) is 52.1 Å². The first-order valence-corrected chi connectivity index (χ1v) is 9.46. The van der Waals surface area contributed by atoms with E-state index in [9.17, 15) is 14.9 Å². The monoisotopic (exact) mass is 414 g/mol. The number of amides is 1. The van der Waals surface area contributed by atoms with Crippen LogP contribution in [0.1, 0.15) is 12.5 Å². The van der Waals surface area contributed by atoms with Gasteiger partial charge in [0.15, 0.2) is 0 Å². The lowest BCUT2D eigenvalue weighted by molar-refractivity contribution is -0.384. The lowest BCUT2D eigenvalue weighted by Crippen LogP contribution is -2.22. The van der Waals surface area contributed by atoms with E-state index in [2.05, 4.69) is 15.5 Å². The number of anilines is 1. The highest BCUT2D eigenvalue weighted by Crippen LogP contribution is 2.31. The van der Waals surface area contributed by atoms with Crippen molar-refractivity contribution >= 4 is 29.0 Å². The summed E-state index contributed by atoms with van der Waals surface area (Å²) in [7, 11) is 1.37. The normalized spacial score (nSPS) is 11.7. The van der Waals surface area contributed by atoms with Gasteiger partial charge in [-0.1, -0.05) is 29.5 Å². The highest BCUT2D eigenvalue weighted by Gasteiger charge is 2.21. The molecule has 0 aliphatic carbocycles. The molecule has 1 heterocycles. The van der Waals surface area contributed by atoms with Gasteiger partial charge in [0.25, 0.3) is 10.9 Å². The van der Waals surface area contributed by atoms with Gasteiger partial charge in [-0.05, 0) is 32.0 Å². The summed E-state index contributed by atoms with van der Waals surface area (Å²) in [6.07, 6.45) is 0. The second kappa shape index (κ2) is 8.74. The molecule has 2 aromatic carbocycles. The largest absolute Gasteiger partial charge is 0.494 e. The number of benzene rings is 2. The molecule has 1 N–H and O–H groups in total. The number of ether oxygens (including phenoxy) is 1. The number of carbonyl (C=O) groups is 1. The molecule has 3 aromatic rings. The number of rotatable bonds is 7. The van der Waals surface area contributed by atoms with E-state index in [-0.39, 0.29) is 22.6 Å². The third-order valence-corrected chi connectivity index (χ3v) is 4.94. The third kappa shape index (κ3) is 4.91. The highest BCUT2D eigenvalue weighted by molar-refractivity contribution is 8.00. The molecule has 0 saturated carbocycles. The predicted octanol–water partition coefficient (Wildman–Crippen LogP) is 4.08. The third-order valence-electron chi connectivity index (χ3n) is 4.01. The maximum atomic E-state index is 12.5. The first-order valence-electron chi connectivity index (χ1n) is 8.58. The zero-order valence-corrected chi connectivity index (χ0v) is 16.7. The van der Waals surface area contributed by atoms with Gasteiger partial charge in [-0.3, -0.25) is 14.9 Å². The van der Waals surface area contributed by atoms with Crippen LogP contribution in [0.25, 0.3) is 11.5 Å². The number of aromatic nitrogens is 2. The summed E-state index contributed by atoms with van der Waals surface area (Å²) in [5.74, 6) is 0.235. The molecule has 1 atom stereocenters. The van der Waals surface area contributed by atoms with Gasteiger partial charge >= 0.3 is 0 Å². The molecule has 0 aliphatic heterocycles. The van der Waals surface area contributed by atoms with Crippen molar-refractivity contribution in [3.05, 3.63) is 58.1 Å². The van der Waals surface area contributed by atoms with E-state index in [1.54, 1.807) is 6.92 Å². The van der Waals surface area contributed by atoms with Crippen LogP contribution in [0.2, 0.25) is 0 Å². The fourth-order valence-corrected chi connectivity index (χ4v) is 3.09. The number of carbonyl (C=O) groups excluding carboxylic acids is 1. The van der Waals surface area contributed by atoms with Gasteiger partial charge in [-0.2, -0.15) is 0 Å². The maximum Gasteiger partial charge on any atom is 0.277 e. The fourth-order valence-electron chi connectivity index (χ4n) is 2.41. The van der Waals surface area contributed by atoms with Crippen molar-refractivity contribution in [2.75, 3.05) is 12.4 Å². The van der Waals surface area contributed by atoms with Gasteiger partial charge in [-0.25, -0.2) is 0 Å². The second-order valence-corrected chi connectivity index (χ2v) is 7.42. The standard InChI is InChI=1S/C19H18N4O5S/c1-11-4-6-13(7-5-11)18-21-22-19(28-18)29-12(2)17(24)20-15-9-8-14(23(25)26)10-16(15)27-3/h4-10,12H,1-3H3,(H,20,24)/t12-/m1/s1. The van der Waals surface area contributed by atoms with Gasteiger partial charge in [0.2, 0.25) is 11.8 Å². The molecule has 1 aromatic heterocycles. The molecule has 150 valence electrons. The molecular weight excluding hydrogens is 396 g/mol. The van der Waals surface area contributed by atoms with Crippen molar-refractivity contribution in [2.24, 2.45) is 0 Å². The lowest BCUT2D eigenvalue weighted by Gasteiger charge is -2.12. The van der Waals surface area contributed by atoms with Crippen LogP contribution in [0.5, 0.6) is 5.75 Å². The predicted molar refractivity (Wildman–Crippen MR) is 108 cm³/mol. The van der Waals surface area contributed by atoms with Crippen LogP contribution < -0.4 is 10.1 Å². The van der Waals surface area contributed by atoms with E-state index in [1.165, 1.54) is 25.3 Å². The Morgan fingerprint density at radius 2 is 1.97 bits per heavy atom. The van der Waals surface area contributed by atoms with Crippen LogP contribution in [-0.2, 0) is 4.79 Å². The zero-order chi connectivity index (χ0) is 21.0. The quantitative estimate of drug-likeness (QED) is 0.349. The zero-order valence-electron chi connectivity index (χ0n) is 15.9.